The second kappa shape index (κ2) is 29.4. The molecule has 0 bridgehead atoms. The van der Waals surface area contributed by atoms with Gasteiger partial charge in [0.25, 0.3) is 0 Å². The zero-order valence-electron chi connectivity index (χ0n) is 31.8. The van der Waals surface area contributed by atoms with E-state index in [0.29, 0.717) is 32.1 Å². The van der Waals surface area contributed by atoms with E-state index < -0.39 is 38.6 Å². The van der Waals surface area contributed by atoms with E-state index in [-0.39, 0.29) is 37.1 Å². The molecule has 0 unspecified atom stereocenters. The van der Waals surface area contributed by atoms with Crippen LogP contribution in [0.1, 0.15) is 156 Å². The van der Waals surface area contributed by atoms with E-state index in [0.717, 1.165) is 44.4 Å². The Hall–Kier alpha value is -2.10. The molecular weight excluding hydrogens is 671 g/mol. The summed E-state index contributed by atoms with van der Waals surface area (Å²) in [6.07, 6.45) is 29.3. The summed E-state index contributed by atoms with van der Waals surface area (Å²) in [6.45, 7) is 5.72. The highest BCUT2D eigenvalue weighted by molar-refractivity contribution is 7.46. The highest BCUT2D eigenvalue weighted by atomic mass is 31.2. The Morgan fingerprint density at radius 1 is 0.824 bits per heavy atom. The largest absolute Gasteiger partial charge is 0.469 e. The number of aliphatic hydroxyl groups is 1. The van der Waals surface area contributed by atoms with Crippen molar-refractivity contribution in [2.24, 2.45) is 17.8 Å². The molecule has 1 aliphatic carbocycles. The fraction of sp³-hybridized carbons (Fsp3) is 0.775. The van der Waals surface area contributed by atoms with E-state index in [9.17, 15) is 24.1 Å². The van der Waals surface area contributed by atoms with Crippen LogP contribution >= 0.6 is 7.82 Å². The Morgan fingerprint density at radius 2 is 1.43 bits per heavy atom. The summed E-state index contributed by atoms with van der Waals surface area (Å²) in [5.41, 5.74) is 0. The van der Waals surface area contributed by atoms with Gasteiger partial charge in [0.2, 0.25) is 0 Å². The minimum Gasteiger partial charge on any atom is -0.462 e. The second-order valence-corrected chi connectivity index (χ2v) is 15.6. The summed E-state index contributed by atoms with van der Waals surface area (Å²) in [4.78, 5) is 55.2. The average Bonchev–Trinajstić information content (AvgIpc) is 3.43. The van der Waals surface area contributed by atoms with E-state index >= 15 is 0 Å². The predicted octanol–water partition coefficient (Wildman–Crippen LogP) is 9.26. The standard InChI is InChI=1S/C40H69O10P/c1-4-5-17-24-35(41)28-29-37-34(27-30-38(37)42)23-19-15-16-20-25-39(43)48-31-36(32-49-51(45,46)47)50-40(44)26-21-14-12-10-8-6-7-9-11-13-18-22-33(2)3/h15,19,27-30,33-37,41H,4-14,16-18,20-26,31-32H2,1-3H3,(H2,45,46,47)/b19-15-,29-28+/t34-,35-,36+,37+/m0/s1. The summed E-state index contributed by atoms with van der Waals surface area (Å²) in [5, 5.41) is 10.2. The summed E-state index contributed by atoms with van der Waals surface area (Å²) < 4.78 is 26.3. The molecule has 0 radical (unpaired) electrons. The van der Waals surface area contributed by atoms with Crippen LogP contribution in [0, 0.1) is 17.8 Å². The van der Waals surface area contributed by atoms with Crippen molar-refractivity contribution in [3.8, 4) is 0 Å². The van der Waals surface area contributed by atoms with E-state index in [2.05, 4.69) is 25.3 Å². The maximum atomic E-state index is 12.4. The van der Waals surface area contributed by atoms with Crippen molar-refractivity contribution >= 4 is 25.5 Å². The summed E-state index contributed by atoms with van der Waals surface area (Å²) in [6, 6.07) is 0. The molecule has 1 rings (SSSR count). The highest BCUT2D eigenvalue weighted by Crippen LogP contribution is 2.36. The number of allylic oxidation sites excluding steroid dienone is 5. The number of hydrogen-bond donors (Lipinski definition) is 3. The van der Waals surface area contributed by atoms with Crippen molar-refractivity contribution < 1.29 is 47.8 Å². The maximum Gasteiger partial charge on any atom is 0.469 e. The molecule has 0 aromatic heterocycles. The second-order valence-electron chi connectivity index (χ2n) is 14.4. The molecule has 0 aliphatic heterocycles. The van der Waals surface area contributed by atoms with Crippen LogP contribution in [0.4, 0.5) is 0 Å². The zero-order chi connectivity index (χ0) is 37.7. The normalized spacial score (nSPS) is 17.6. The van der Waals surface area contributed by atoms with Gasteiger partial charge >= 0.3 is 19.8 Å². The van der Waals surface area contributed by atoms with E-state index in [1.54, 1.807) is 12.2 Å². The molecule has 4 atom stereocenters. The first-order chi connectivity index (χ1) is 24.4. The molecule has 0 amide bonds. The van der Waals surface area contributed by atoms with E-state index in [1.807, 2.05) is 24.3 Å². The van der Waals surface area contributed by atoms with Crippen LogP contribution in [-0.2, 0) is 32.9 Å². The summed E-state index contributed by atoms with van der Waals surface area (Å²) in [7, 11) is -4.80. The first-order valence-electron chi connectivity index (χ1n) is 19.7. The van der Waals surface area contributed by atoms with Crippen molar-refractivity contribution in [1.82, 2.24) is 0 Å². The van der Waals surface area contributed by atoms with Crippen molar-refractivity contribution in [2.45, 2.75) is 168 Å². The van der Waals surface area contributed by atoms with E-state index in [1.165, 1.54) is 51.4 Å². The van der Waals surface area contributed by atoms with Crippen LogP contribution < -0.4 is 0 Å². The number of carbonyl (C=O) groups excluding carboxylic acids is 3. The lowest BCUT2D eigenvalue weighted by Crippen LogP contribution is -2.29. The minimum atomic E-state index is -4.80. The van der Waals surface area contributed by atoms with Crippen LogP contribution in [0.15, 0.2) is 36.5 Å². The number of hydrogen-bond acceptors (Lipinski definition) is 8. The third-order valence-electron chi connectivity index (χ3n) is 9.09. The van der Waals surface area contributed by atoms with Crippen LogP contribution in [0.25, 0.3) is 0 Å². The lowest BCUT2D eigenvalue weighted by atomic mass is 9.90. The number of aliphatic hydroxyl groups excluding tert-OH is 1. The molecule has 0 heterocycles. The predicted molar refractivity (Wildman–Crippen MR) is 202 cm³/mol. The number of ketones is 1. The van der Waals surface area contributed by atoms with Gasteiger partial charge in [0.15, 0.2) is 11.9 Å². The Bertz CT molecular complexity index is 1080. The van der Waals surface area contributed by atoms with Gasteiger partial charge in [-0.2, -0.15) is 0 Å². The van der Waals surface area contributed by atoms with Crippen LogP contribution in [0.5, 0.6) is 0 Å². The zero-order valence-corrected chi connectivity index (χ0v) is 32.7. The molecule has 1 aliphatic rings. The number of unbranched alkanes of at least 4 members (excludes halogenated alkanes) is 13. The molecule has 0 fully saturated rings. The van der Waals surface area contributed by atoms with Gasteiger partial charge in [-0.1, -0.05) is 141 Å². The molecular formula is C40H69O10P. The topological polar surface area (TPSA) is 157 Å². The Kier molecular flexibility index (Phi) is 27.0. The van der Waals surface area contributed by atoms with Crippen molar-refractivity contribution in [3.05, 3.63) is 36.5 Å². The highest BCUT2D eigenvalue weighted by Gasteiger charge is 2.27. The smallest absolute Gasteiger partial charge is 0.462 e. The summed E-state index contributed by atoms with van der Waals surface area (Å²) in [5.74, 6) is -0.450. The maximum absolute atomic E-state index is 12.4. The third-order valence-corrected chi connectivity index (χ3v) is 9.57. The van der Waals surface area contributed by atoms with Gasteiger partial charge < -0.3 is 24.4 Å². The molecule has 0 saturated heterocycles. The number of carbonyl (C=O) groups is 3. The van der Waals surface area contributed by atoms with Crippen molar-refractivity contribution in [2.75, 3.05) is 13.2 Å². The number of ether oxygens (including phenoxy) is 2. The van der Waals surface area contributed by atoms with Gasteiger partial charge in [0.05, 0.1) is 12.7 Å². The fourth-order valence-electron chi connectivity index (χ4n) is 6.02. The molecule has 0 saturated carbocycles. The molecule has 10 nitrogen and oxygen atoms in total. The van der Waals surface area contributed by atoms with Gasteiger partial charge in [-0.25, -0.2) is 4.57 Å². The molecule has 0 spiro atoms. The Morgan fingerprint density at radius 3 is 2.06 bits per heavy atom. The molecule has 51 heavy (non-hydrogen) atoms. The SMILES string of the molecule is CCCCC[C@H](O)/C=C/[C@H]1C(=O)C=C[C@@H]1C/C=C\CCCC(=O)OC[C@H](COP(=O)(O)O)OC(=O)CCCCCCCCCCCCCC(C)C. The quantitative estimate of drug-likeness (QED) is 0.0263. The fourth-order valence-corrected chi connectivity index (χ4v) is 6.38. The van der Waals surface area contributed by atoms with Gasteiger partial charge in [0.1, 0.15) is 6.61 Å². The van der Waals surface area contributed by atoms with Gasteiger partial charge in [0, 0.05) is 18.8 Å². The van der Waals surface area contributed by atoms with Gasteiger partial charge in [-0.15, -0.1) is 0 Å². The molecule has 0 aromatic carbocycles. The van der Waals surface area contributed by atoms with Crippen LogP contribution in [-0.4, -0.2) is 58.0 Å². The van der Waals surface area contributed by atoms with Gasteiger partial charge in [-0.3, -0.25) is 18.9 Å². The van der Waals surface area contributed by atoms with Crippen molar-refractivity contribution in [1.29, 1.82) is 0 Å². The van der Waals surface area contributed by atoms with Crippen molar-refractivity contribution in [3.63, 3.8) is 0 Å². The van der Waals surface area contributed by atoms with E-state index in [4.69, 9.17) is 19.3 Å². The first kappa shape index (κ1) is 46.9. The summed E-state index contributed by atoms with van der Waals surface area (Å²) >= 11 is 0. The third kappa shape index (κ3) is 27.2. The average molecular weight is 741 g/mol. The molecule has 11 heteroatoms. The lowest BCUT2D eigenvalue weighted by molar-refractivity contribution is -0.161. The molecule has 3 N–H and O–H groups in total. The molecule has 294 valence electrons. The Labute approximate surface area is 308 Å². The lowest BCUT2D eigenvalue weighted by Gasteiger charge is -2.18. The first-order valence-corrected chi connectivity index (χ1v) is 21.2. The number of phosphoric ester groups is 1. The van der Waals surface area contributed by atoms with Crippen LogP contribution in [0.2, 0.25) is 0 Å². The molecule has 0 aromatic rings. The van der Waals surface area contributed by atoms with Gasteiger partial charge in [-0.05, 0) is 50.0 Å². The number of rotatable bonds is 32. The van der Waals surface area contributed by atoms with Crippen LogP contribution in [0.3, 0.4) is 0 Å². The monoisotopic (exact) mass is 740 g/mol. The Balaban J connectivity index is 2.28. The minimum absolute atomic E-state index is 0.0293. The number of phosphoric acid groups is 1. The number of esters is 2.